The number of hydrogen-bond donors (Lipinski definition) is 0. The lowest BCUT2D eigenvalue weighted by atomic mass is 10.0. The molecule has 0 heterocycles. The van der Waals surface area contributed by atoms with Gasteiger partial charge in [0.2, 0.25) is 0 Å². The predicted octanol–water partition coefficient (Wildman–Crippen LogP) is 8.16. The zero-order valence-electron chi connectivity index (χ0n) is 21.2. The summed E-state index contributed by atoms with van der Waals surface area (Å²) in [6.07, 6.45) is 19.8. The van der Waals surface area contributed by atoms with Gasteiger partial charge in [-0.05, 0) is 44.4 Å². The summed E-state index contributed by atoms with van der Waals surface area (Å²) in [4.78, 5) is 23.4. The fourth-order valence-electron chi connectivity index (χ4n) is 3.92. The predicted molar refractivity (Wildman–Crippen MR) is 130 cm³/mol. The molecule has 2 unspecified atom stereocenters. The number of esters is 2. The molecule has 0 aromatic heterocycles. The molecule has 0 aliphatic heterocycles. The van der Waals surface area contributed by atoms with Gasteiger partial charge in [-0.3, -0.25) is 9.59 Å². The average Bonchev–Trinajstić information content (AvgIpc) is 2.76. The first-order valence-electron chi connectivity index (χ1n) is 13.4. The van der Waals surface area contributed by atoms with E-state index in [1.165, 1.54) is 57.8 Å². The number of carbonyl (C=O) groups is 2. The van der Waals surface area contributed by atoms with Gasteiger partial charge < -0.3 is 9.47 Å². The van der Waals surface area contributed by atoms with E-state index in [9.17, 15) is 9.59 Å². The van der Waals surface area contributed by atoms with Gasteiger partial charge >= 0.3 is 11.9 Å². The lowest BCUT2D eigenvalue weighted by Crippen LogP contribution is -2.17. The van der Waals surface area contributed by atoms with Crippen LogP contribution in [0.5, 0.6) is 0 Å². The van der Waals surface area contributed by atoms with Gasteiger partial charge in [0.1, 0.15) is 6.10 Å². The molecular weight excluding hydrogens is 388 g/mol. The summed E-state index contributed by atoms with van der Waals surface area (Å²) in [7, 11) is 0. The third kappa shape index (κ3) is 20.6. The van der Waals surface area contributed by atoms with Gasteiger partial charge in [-0.15, -0.1) is 0 Å². The number of carbonyl (C=O) groups excluding carboxylic acids is 2. The molecule has 0 spiro atoms. The quantitative estimate of drug-likeness (QED) is 0.126. The van der Waals surface area contributed by atoms with Gasteiger partial charge in [-0.1, -0.05) is 91.9 Å². The maximum atomic E-state index is 11.7. The van der Waals surface area contributed by atoms with E-state index in [1.54, 1.807) is 0 Å². The monoisotopic (exact) mass is 440 g/mol. The van der Waals surface area contributed by atoms with Crippen LogP contribution in [0.15, 0.2) is 0 Å². The zero-order chi connectivity index (χ0) is 23.2. The van der Waals surface area contributed by atoms with Crippen molar-refractivity contribution in [3.05, 3.63) is 0 Å². The highest BCUT2D eigenvalue weighted by atomic mass is 16.5. The molecule has 0 saturated heterocycles. The Morgan fingerprint density at radius 3 is 1.74 bits per heavy atom. The highest BCUT2D eigenvalue weighted by Gasteiger charge is 2.13. The largest absolute Gasteiger partial charge is 0.465 e. The first kappa shape index (κ1) is 29.9. The molecule has 4 heteroatoms. The van der Waals surface area contributed by atoms with Crippen molar-refractivity contribution >= 4 is 11.9 Å². The van der Waals surface area contributed by atoms with Crippen molar-refractivity contribution in [2.45, 2.75) is 149 Å². The molecule has 4 nitrogen and oxygen atoms in total. The summed E-state index contributed by atoms with van der Waals surface area (Å²) < 4.78 is 11.0. The molecule has 31 heavy (non-hydrogen) atoms. The van der Waals surface area contributed by atoms with Crippen LogP contribution in [0, 0.1) is 5.92 Å². The zero-order valence-corrected chi connectivity index (χ0v) is 21.2. The molecule has 0 bridgehead atoms. The van der Waals surface area contributed by atoms with Crippen molar-refractivity contribution in [1.29, 1.82) is 0 Å². The van der Waals surface area contributed by atoms with E-state index in [1.807, 2.05) is 6.92 Å². The van der Waals surface area contributed by atoms with Crippen molar-refractivity contribution in [2.24, 2.45) is 5.92 Å². The summed E-state index contributed by atoms with van der Waals surface area (Å²) >= 11 is 0. The Morgan fingerprint density at radius 2 is 1.19 bits per heavy atom. The molecule has 0 radical (unpaired) electrons. The van der Waals surface area contributed by atoms with Crippen molar-refractivity contribution in [3.63, 3.8) is 0 Å². The molecule has 2 atom stereocenters. The summed E-state index contributed by atoms with van der Waals surface area (Å²) in [5.74, 6) is 0.389. The van der Waals surface area contributed by atoms with Gasteiger partial charge in [0.15, 0.2) is 0 Å². The Labute approximate surface area is 193 Å². The maximum absolute atomic E-state index is 11.7. The van der Waals surface area contributed by atoms with Crippen molar-refractivity contribution < 1.29 is 19.1 Å². The summed E-state index contributed by atoms with van der Waals surface area (Å²) in [6, 6.07) is 0. The van der Waals surface area contributed by atoms with Gasteiger partial charge in [0, 0.05) is 12.8 Å². The fourth-order valence-corrected chi connectivity index (χ4v) is 3.92. The van der Waals surface area contributed by atoms with Crippen molar-refractivity contribution in [2.75, 3.05) is 6.61 Å². The second-order valence-corrected chi connectivity index (χ2v) is 9.26. The summed E-state index contributed by atoms with van der Waals surface area (Å²) in [6.45, 7) is 8.97. The highest BCUT2D eigenvalue weighted by Crippen LogP contribution is 2.17. The van der Waals surface area contributed by atoms with Crippen LogP contribution in [0.3, 0.4) is 0 Å². The Morgan fingerprint density at radius 1 is 0.645 bits per heavy atom. The Bertz CT molecular complexity index is 421. The number of ether oxygens (including phenoxy) is 2. The molecule has 184 valence electrons. The molecule has 0 fully saturated rings. The van der Waals surface area contributed by atoms with E-state index in [4.69, 9.17) is 9.47 Å². The van der Waals surface area contributed by atoms with Crippen LogP contribution in [0.1, 0.15) is 143 Å². The minimum atomic E-state index is -0.0557. The van der Waals surface area contributed by atoms with Crippen LogP contribution >= 0.6 is 0 Å². The standard InChI is InChI=1S/C27H52O4/c1-5-8-9-16-20-25(31-26(28)7-3)21-17-14-12-10-11-13-15-18-22-27(29)30-23-24(4)19-6-2/h24-25H,5-23H2,1-4H3. The van der Waals surface area contributed by atoms with Gasteiger partial charge in [0.25, 0.3) is 0 Å². The SMILES string of the molecule is CCCCCCC(CCCCCCCCCCC(=O)OCC(C)CCC)OC(=O)CC. The minimum absolute atomic E-state index is 0.0315. The van der Waals surface area contributed by atoms with Crippen LogP contribution in [-0.4, -0.2) is 24.6 Å². The maximum Gasteiger partial charge on any atom is 0.305 e. The van der Waals surface area contributed by atoms with Crippen molar-refractivity contribution in [3.8, 4) is 0 Å². The number of hydrogen-bond acceptors (Lipinski definition) is 4. The van der Waals surface area contributed by atoms with E-state index < -0.39 is 0 Å². The first-order valence-corrected chi connectivity index (χ1v) is 13.4. The fraction of sp³-hybridized carbons (Fsp3) is 0.926. The second kappa shape index (κ2) is 22.1. The Hall–Kier alpha value is -1.06. The number of unbranched alkanes of at least 4 members (excludes halogenated alkanes) is 10. The Kier molecular flexibility index (Phi) is 21.4. The van der Waals surface area contributed by atoms with Crippen LogP contribution in [0.2, 0.25) is 0 Å². The Balaban J connectivity index is 3.63. The molecule has 0 N–H and O–H groups in total. The van der Waals surface area contributed by atoms with Crippen LogP contribution < -0.4 is 0 Å². The lowest BCUT2D eigenvalue weighted by Gasteiger charge is -2.17. The van der Waals surface area contributed by atoms with Gasteiger partial charge in [-0.2, -0.15) is 0 Å². The van der Waals surface area contributed by atoms with Gasteiger partial charge in [0.05, 0.1) is 6.61 Å². The first-order chi connectivity index (χ1) is 15.0. The van der Waals surface area contributed by atoms with E-state index in [0.717, 1.165) is 44.9 Å². The molecule has 0 aromatic carbocycles. The second-order valence-electron chi connectivity index (χ2n) is 9.26. The smallest absolute Gasteiger partial charge is 0.305 e. The van der Waals surface area contributed by atoms with E-state index in [2.05, 4.69) is 20.8 Å². The topological polar surface area (TPSA) is 52.6 Å². The molecule has 0 aromatic rings. The average molecular weight is 441 g/mol. The molecule has 0 aliphatic rings. The van der Waals surface area contributed by atoms with Crippen molar-refractivity contribution in [1.82, 2.24) is 0 Å². The van der Waals surface area contributed by atoms with E-state index >= 15 is 0 Å². The normalized spacial score (nSPS) is 13.0. The van der Waals surface area contributed by atoms with E-state index in [-0.39, 0.29) is 18.0 Å². The number of rotatable bonds is 22. The minimum Gasteiger partial charge on any atom is -0.465 e. The molecule has 0 saturated carbocycles. The third-order valence-electron chi connectivity index (χ3n) is 5.93. The molecular formula is C27H52O4. The molecule has 0 amide bonds. The highest BCUT2D eigenvalue weighted by molar-refractivity contribution is 5.69. The molecule has 0 rings (SSSR count). The summed E-state index contributed by atoms with van der Waals surface area (Å²) in [5.41, 5.74) is 0. The van der Waals surface area contributed by atoms with Crippen LogP contribution in [-0.2, 0) is 19.1 Å². The van der Waals surface area contributed by atoms with Gasteiger partial charge in [-0.25, -0.2) is 0 Å². The van der Waals surface area contributed by atoms with Crippen LogP contribution in [0.4, 0.5) is 0 Å². The van der Waals surface area contributed by atoms with E-state index in [0.29, 0.717) is 25.4 Å². The lowest BCUT2D eigenvalue weighted by molar-refractivity contribution is -0.149. The summed E-state index contributed by atoms with van der Waals surface area (Å²) in [5, 5.41) is 0. The molecule has 0 aliphatic carbocycles. The van der Waals surface area contributed by atoms with Crippen LogP contribution in [0.25, 0.3) is 0 Å². The third-order valence-corrected chi connectivity index (χ3v) is 5.93.